The fourth-order valence-corrected chi connectivity index (χ4v) is 2.94. The van der Waals surface area contributed by atoms with E-state index < -0.39 is 52.6 Å². The van der Waals surface area contributed by atoms with Crippen LogP contribution in [0.3, 0.4) is 0 Å². The summed E-state index contributed by atoms with van der Waals surface area (Å²) in [5.74, 6) is -15.1. The number of imide groups is 1. The third kappa shape index (κ3) is 4.66. The smallest absolute Gasteiger partial charge is 0.343 e. The summed E-state index contributed by atoms with van der Waals surface area (Å²) < 4.78 is 71.4. The second kappa shape index (κ2) is 9.74. The molecule has 2 aromatic carbocycles. The van der Waals surface area contributed by atoms with E-state index in [2.05, 4.69) is 20.2 Å². The molecular weight excluding hydrogens is 491 g/mol. The Morgan fingerprint density at radius 1 is 0.861 bits per heavy atom. The maximum Gasteiger partial charge on any atom is 0.343 e. The number of hydrogen-bond donors (Lipinski definition) is 1. The van der Waals surface area contributed by atoms with Gasteiger partial charge in [-0.3, -0.25) is 15.0 Å². The lowest BCUT2D eigenvalue weighted by Gasteiger charge is -2.13. The van der Waals surface area contributed by atoms with Gasteiger partial charge in [0.05, 0.1) is 23.7 Å². The van der Waals surface area contributed by atoms with Crippen LogP contribution in [0.2, 0.25) is 0 Å². The summed E-state index contributed by atoms with van der Waals surface area (Å²) in [6.07, 6.45) is 4.91. The number of hydrogen-bond acceptors (Lipinski definition) is 7. The highest BCUT2D eigenvalue weighted by Gasteiger charge is 2.29. The molecule has 0 saturated heterocycles. The molecule has 4 rings (SSSR count). The minimum Gasteiger partial charge on any atom is -0.416 e. The van der Waals surface area contributed by atoms with Crippen LogP contribution in [-0.2, 0) is 9.59 Å². The Balaban J connectivity index is 1.38. The highest BCUT2D eigenvalue weighted by atomic mass is 19.2. The van der Waals surface area contributed by atoms with Crippen LogP contribution in [-0.4, -0.2) is 29.0 Å². The van der Waals surface area contributed by atoms with E-state index in [1.807, 2.05) is 0 Å². The highest BCUT2D eigenvalue weighted by molar-refractivity contribution is 6.28. The van der Waals surface area contributed by atoms with Crippen molar-refractivity contribution >= 4 is 35.5 Å². The number of nitrogens with one attached hydrogen (secondary N) is 1. The predicted octanol–water partition coefficient (Wildman–Crippen LogP) is 3.87. The number of pyridine rings is 1. The first-order valence-corrected chi connectivity index (χ1v) is 9.82. The number of rotatable bonds is 6. The van der Waals surface area contributed by atoms with Crippen molar-refractivity contribution in [2.75, 3.05) is 10.3 Å². The Kier molecular flexibility index (Phi) is 6.54. The molecule has 8 nitrogen and oxygen atoms in total. The summed E-state index contributed by atoms with van der Waals surface area (Å²) in [6, 6.07) is 8.06. The number of carbonyl (C=O) groups excluding carboxylic acids is 3. The molecular formula is C23H11F5N4O4. The van der Waals surface area contributed by atoms with Crippen molar-refractivity contribution < 1.29 is 41.1 Å². The Bertz CT molecular complexity index is 1390. The van der Waals surface area contributed by atoms with E-state index in [9.17, 15) is 36.3 Å². The van der Waals surface area contributed by atoms with E-state index in [0.717, 1.165) is 17.1 Å². The van der Waals surface area contributed by atoms with Crippen molar-refractivity contribution in [2.24, 2.45) is 5.10 Å². The number of benzene rings is 2. The molecule has 0 unspecified atom stereocenters. The molecule has 182 valence electrons. The van der Waals surface area contributed by atoms with Crippen molar-refractivity contribution in [3.8, 4) is 5.75 Å². The third-order valence-electron chi connectivity index (χ3n) is 4.72. The van der Waals surface area contributed by atoms with Crippen molar-refractivity contribution in [2.45, 2.75) is 0 Å². The molecule has 0 spiro atoms. The van der Waals surface area contributed by atoms with Gasteiger partial charge in [0, 0.05) is 12.2 Å². The SMILES string of the molecule is O=C(Oc1c(F)c(F)c(F)c(F)c1F)c1ccc(/C=N/Nc2ccc(N3C(=O)C=CC3=O)cn2)cc1. The predicted molar refractivity (Wildman–Crippen MR) is 115 cm³/mol. The number of anilines is 2. The lowest BCUT2D eigenvalue weighted by molar-refractivity contribution is -0.120. The maximum absolute atomic E-state index is 13.7. The van der Waals surface area contributed by atoms with Gasteiger partial charge >= 0.3 is 5.97 Å². The lowest BCUT2D eigenvalue weighted by Crippen LogP contribution is -2.29. The Labute approximate surface area is 198 Å². The number of carbonyl (C=O) groups is 3. The topological polar surface area (TPSA) is 101 Å². The molecule has 2 amide bonds. The van der Waals surface area contributed by atoms with Crippen LogP contribution in [0.1, 0.15) is 15.9 Å². The van der Waals surface area contributed by atoms with Crippen molar-refractivity contribution in [1.29, 1.82) is 0 Å². The number of hydrazone groups is 1. The average molecular weight is 502 g/mol. The average Bonchev–Trinajstić information content (AvgIpc) is 3.22. The fraction of sp³-hybridized carbons (Fsp3) is 0. The molecule has 3 aromatic rings. The zero-order valence-electron chi connectivity index (χ0n) is 17.6. The molecule has 0 saturated carbocycles. The van der Waals surface area contributed by atoms with Gasteiger partial charge in [0.15, 0.2) is 0 Å². The molecule has 1 N–H and O–H groups in total. The molecule has 36 heavy (non-hydrogen) atoms. The van der Waals surface area contributed by atoms with Crippen LogP contribution in [0.15, 0.2) is 59.8 Å². The van der Waals surface area contributed by atoms with Crippen LogP contribution < -0.4 is 15.1 Å². The number of esters is 1. The van der Waals surface area contributed by atoms with Gasteiger partial charge in [0.1, 0.15) is 5.82 Å². The van der Waals surface area contributed by atoms with Crippen LogP contribution in [0.5, 0.6) is 5.75 Å². The van der Waals surface area contributed by atoms with Crippen LogP contribution in [0.4, 0.5) is 33.5 Å². The van der Waals surface area contributed by atoms with Gasteiger partial charge in [-0.15, -0.1) is 0 Å². The summed E-state index contributed by atoms with van der Waals surface area (Å²) in [6.45, 7) is 0. The van der Waals surface area contributed by atoms with Gasteiger partial charge in [-0.05, 0) is 29.8 Å². The van der Waals surface area contributed by atoms with Gasteiger partial charge in [-0.1, -0.05) is 12.1 Å². The molecule has 2 heterocycles. The molecule has 0 fully saturated rings. The van der Waals surface area contributed by atoms with E-state index in [4.69, 9.17) is 0 Å². The molecule has 0 aliphatic carbocycles. The minimum absolute atomic E-state index is 0.234. The van der Waals surface area contributed by atoms with Crippen molar-refractivity contribution in [1.82, 2.24) is 4.98 Å². The first-order valence-electron chi connectivity index (χ1n) is 9.82. The number of nitrogens with zero attached hydrogens (tertiary/aromatic N) is 3. The second-order valence-corrected chi connectivity index (χ2v) is 7.03. The number of halogens is 5. The quantitative estimate of drug-likeness (QED) is 0.0803. The number of amides is 2. The van der Waals surface area contributed by atoms with E-state index in [1.165, 1.54) is 48.8 Å². The van der Waals surface area contributed by atoms with Gasteiger partial charge < -0.3 is 4.74 Å². The summed E-state index contributed by atoms with van der Waals surface area (Å²) in [5, 5.41) is 3.93. The fourth-order valence-electron chi connectivity index (χ4n) is 2.94. The minimum atomic E-state index is -2.37. The van der Waals surface area contributed by atoms with E-state index >= 15 is 0 Å². The van der Waals surface area contributed by atoms with Crippen molar-refractivity contribution in [3.05, 3.63) is 95.0 Å². The van der Waals surface area contributed by atoms with Gasteiger partial charge in [0.25, 0.3) is 11.8 Å². The number of aromatic nitrogens is 1. The van der Waals surface area contributed by atoms with Crippen LogP contribution in [0, 0.1) is 29.1 Å². The maximum atomic E-state index is 13.7. The summed E-state index contributed by atoms with van der Waals surface area (Å²) in [5.41, 5.74) is 3.10. The summed E-state index contributed by atoms with van der Waals surface area (Å²) >= 11 is 0. The molecule has 1 aliphatic heterocycles. The third-order valence-corrected chi connectivity index (χ3v) is 4.72. The van der Waals surface area contributed by atoms with Gasteiger partial charge in [-0.25, -0.2) is 27.8 Å². The lowest BCUT2D eigenvalue weighted by atomic mass is 10.1. The number of ether oxygens (including phenoxy) is 1. The summed E-state index contributed by atoms with van der Waals surface area (Å²) in [4.78, 5) is 40.4. The normalized spacial score (nSPS) is 13.1. The monoisotopic (exact) mass is 502 g/mol. The molecule has 0 radical (unpaired) electrons. The Hall–Kier alpha value is -4.94. The Morgan fingerprint density at radius 2 is 1.44 bits per heavy atom. The second-order valence-electron chi connectivity index (χ2n) is 7.03. The van der Waals surface area contributed by atoms with Crippen LogP contribution >= 0.6 is 0 Å². The van der Waals surface area contributed by atoms with Gasteiger partial charge in [-0.2, -0.15) is 13.9 Å². The highest BCUT2D eigenvalue weighted by Crippen LogP contribution is 2.29. The first-order chi connectivity index (χ1) is 17.2. The van der Waals surface area contributed by atoms with Gasteiger partial charge in [0.2, 0.25) is 34.8 Å². The largest absolute Gasteiger partial charge is 0.416 e. The van der Waals surface area contributed by atoms with E-state index in [0.29, 0.717) is 5.56 Å². The molecule has 0 atom stereocenters. The van der Waals surface area contributed by atoms with E-state index in [-0.39, 0.29) is 17.1 Å². The molecule has 0 bridgehead atoms. The van der Waals surface area contributed by atoms with E-state index in [1.54, 1.807) is 0 Å². The molecule has 1 aromatic heterocycles. The first kappa shape index (κ1) is 24.2. The zero-order chi connectivity index (χ0) is 26.0. The Morgan fingerprint density at radius 3 is 2.00 bits per heavy atom. The molecule has 13 heteroatoms. The standard InChI is InChI=1S/C23H11F5N4O4/c24-17-18(25)20(27)22(21(28)19(17)26)36-23(35)12-3-1-11(2-4-12)9-30-31-14-6-5-13(10-29-14)32-15(33)7-8-16(32)34/h1-10H,(H,29,31)/b30-9+. The molecule has 1 aliphatic rings. The zero-order valence-corrected chi connectivity index (χ0v) is 17.6. The summed E-state index contributed by atoms with van der Waals surface area (Å²) in [7, 11) is 0. The van der Waals surface area contributed by atoms with Crippen LogP contribution in [0.25, 0.3) is 0 Å². The van der Waals surface area contributed by atoms with Crippen molar-refractivity contribution in [3.63, 3.8) is 0 Å².